The number of ether oxygens (including phenoxy) is 1. The molecule has 2 heterocycles. The number of carboxylic acids is 3. The van der Waals surface area contributed by atoms with Crippen LogP contribution in [-0.2, 0) is 6.54 Å². The van der Waals surface area contributed by atoms with E-state index in [1.807, 2.05) is 31.1 Å². The number of halogens is 2. The van der Waals surface area contributed by atoms with E-state index < -0.39 is 40.7 Å². The van der Waals surface area contributed by atoms with E-state index in [1.54, 1.807) is 54.6 Å². The molecule has 0 fully saturated rings. The van der Waals surface area contributed by atoms with Crippen molar-refractivity contribution in [1.29, 1.82) is 0 Å². The molecule has 366 valence electrons. The Morgan fingerprint density at radius 2 is 1.42 bits per heavy atom. The second-order valence-corrected chi connectivity index (χ2v) is 18.3. The Bertz CT molecular complexity index is 4130. The van der Waals surface area contributed by atoms with Gasteiger partial charge in [-0.15, -0.1) is 0 Å². The van der Waals surface area contributed by atoms with Gasteiger partial charge >= 0.3 is 17.9 Å². The number of carbonyl (C=O) groups excluding carboxylic acids is 2. The number of aromatic hydroxyl groups is 1. The number of benzene rings is 8. The van der Waals surface area contributed by atoms with E-state index in [4.69, 9.17) is 32.4 Å². The summed E-state index contributed by atoms with van der Waals surface area (Å²) in [5.41, 5.74) is 1.34. The normalized spacial score (nSPS) is 11.7. The highest BCUT2D eigenvalue weighted by molar-refractivity contribution is 6.40. The van der Waals surface area contributed by atoms with Gasteiger partial charge in [0, 0.05) is 87.0 Å². The topological polar surface area (TPSA) is 233 Å². The second kappa shape index (κ2) is 18.6. The lowest BCUT2D eigenvalue weighted by atomic mass is 9.88. The smallest absolute Gasteiger partial charge is 0.337 e. The minimum absolute atomic E-state index is 0.00257. The molecule has 6 N–H and O–H groups in total. The molecule has 0 saturated heterocycles. The summed E-state index contributed by atoms with van der Waals surface area (Å²) in [6.07, 6.45) is 0. The number of aromatic carboxylic acids is 3. The van der Waals surface area contributed by atoms with Crippen molar-refractivity contribution in [3.8, 4) is 39.7 Å². The van der Waals surface area contributed by atoms with Crippen LogP contribution in [0.25, 0.3) is 56.3 Å². The zero-order valence-electron chi connectivity index (χ0n) is 38.8. The molecule has 7 aromatic carbocycles. The summed E-state index contributed by atoms with van der Waals surface area (Å²) in [7, 11) is 3.75. The van der Waals surface area contributed by atoms with E-state index in [-0.39, 0.29) is 83.8 Å². The fourth-order valence-electron chi connectivity index (χ4n) is 9.21. The molecule has 2 amide bonds. The molecule has 7 aromatic rings. The number of nitrogens with one attached hydrogen (secondary N) is 2. The van der Waals surface area contributed by atoms with E-state index in [1.165, 1.54) is 54.6 Å². The molecule has 0 radical (unpaired) electrons. The zero-order valence-corrected chi connectivity index (χ0v) is 40.3. The minimum Gasteiger partial charge on any atom is -0.508 e. The average Bonchev–Trinajstić information content (AvgIpc) is 3.37. The summed E-state index contributed by atoms with van der Waals surface area (Å²) in [4.78, 5) is 81.0. The first kappa shape index (κ1) is 48.2. The zero-order chi connectivity index (χ0) is 52.4. The fourth-order valence-corrected chi connectivity index (χ4v) is 9.83. The van der Waals surface area contributed by atoms with Crippen molar-refractivity contribution in [2.45, 2.75) is 6.54 Å². The monoisotopic (exact) mass is 1030 g/mol. The summed E-state index contributed by atoms with van der Waals surface area (Å²) < 4.78 is 12.5. The Morgan fingerprint density at radius 1 is 0.676 bits per heavy atom. The van der Waals surface area contributed by atoms with Crippen molar-refractivity contribution in [2.24, 2.45) is 0 Å². The lowest BCUT2D eigenvalue weighted by Crippen LogP contribution is -2.26. The molecule has 3 aliphatic rings. The van der Waals surface area contributed by atoms with Gasteiger partial charge in [-0.1, -0.05) is 66.2 Å². The van der Waals surface area contributed by atoms with Gasteiger partial charge in [0.1, 0.15) is 28.6 Å². The lowest BCUT2D eigenvalue weighted by Gasteiger charge is -2.25. The van der Waals surface area contributed by atoms with Gasteiger partial charge < -0.3 is 45.1 Å². The largest absolute Gasteiger partial charge is 0.508 e. The molecule has 0 atom stereocenters. The predicted octanol–water partition coefficient (Wildman–Crippen LogP) is 9.84. The number of hydrogen-bond acceptors (Lipinski definition) is 10. The first-order valence-electron chi connectivity index (χ1n) is 22.4. The molecular formula is C57H37Cl2N3O12. The van der Waals surface area contributed by atoms with Crippen LogP contribution in [0.15, 0.2) is 137 Å². The highest BCUT2D eigenvalue weighted by Gasteiger charge is 2.32. The van der Waals surface area contributed by atoms with Crippen LogP contribution in [0.4, 0.5) is 11.4 Å². The number of carbonyl (C=O) groups is 5. The highest BCUT2D eigenvalue weighted by atomic mass is 35.5. The number of rotatable bonds is 11. The maximum atomic E-state index is 14.2. The summed E-state index contributed by atoms with van der Waals surface area (Å²) in [5.74, 6) is -4.89. The molecule has 15 nitrogen and oxygen atoms in total. The van der Waals surface area contributed by atoms with Crippen LogP contribution in [0.3, 0.4) is 0 Å². The van der Waals surface area contributed by atoms with Gasteiger partial charge in [-0.25, -0.2) is 14.4 Å². The van der Waals surface area contributed by atoms with E-state index in [0.717, 1.165) is 11.8 Å². The number of anilines is 2. The number of phenolic OH excluding ortho intramolecular Hbond substituents is 1. The molecule has 0 bridgehead atoms. The van der Waals surface area contributed by atoms with Crippen molar-refractivity contribution in [2.75, 3.05) is 24.3 Å². The third-order valence-corrected chi connectivity index (χ3v) is 13.4. The molecule has 74 heavy (non-hydrogen) atoms. The Labute approximate surface area is 428 Å². The van der Waals surface area contributed by atoms with Gasteiger partial charge in [-0.2, -0.15) is 0 Å². The summed E-state index contributed by atoms with van der Waals surface area (Å²) in [6, 6.07) is 32.1. The third kappa shape index (κ3) is 8.44. The first-order valence-corrected chi connectivity index (χ1v) is 23.2. The minimum atomic E-state index is -1.43. The standard InChI is InChI=1S/C57H37Cl2N3O12/c1-26-7-12-35-44(19-26)73-45-22-30(62(2)3)10-15-36(45)48(35)49-41(58)24-39(51(59)50(49)57(71)72)54(66)61-42-6-4-5-27-20-28(8-13-32(27)42)53(65)60-25-40-43(64)18-17-37-47(34-16-11-31(63)23-46(34)74-52(37)40)33-14-9-29(55(67)68)21-38(33)56(69)70/h4-24,63H,1,25H2,2-3H3,(H,60,65)(H,61,66)(H,67,68)(H,69,70)(H,71,72). The molecule has 10 rings (SSSR count). The number of carboxylic acid groups (broad SMARTS) is 3. The van der Waals surface area contributed by atoms with Crippen molar-refractivity contribution >= 4 is 98.2 Å². The molecule has 17 heteroatoms. The maximum Gasteiger partial charge on any atom is 0.337 e. The number of phenols is 1. The molecular weight excluding hydrogens is 990 g/mol. The second-order valence-electron chi connectivity index (χ2n) is 17.5. The van der Waals surface area contributed by atoms with Crippen LogP contribution in [0, 0.1) is 0 Å². The summed E-state index contributed by atoms with van der Waals surface area (Å²) in [6.45, 7) is 3.66. The Balaban J connectivity index is 0.954. The van der Waals surface area contributed by atoms with Gasteiger partial charge in [-0.05, 0) is 95.0 Å². The van der Waals surface area contributed by atoms with Gasteiger partial charge in [-0.3, -0.25) is 14.4 Å². The lowest BCUT2D eigenvalue weighted by molar-refractivity contribution is 0.0682. The Hall–Kier alpha value is -9.44. The van der Waals surface area contributed by atoms with Crippen LogP contribution in [0.5, 0.6) is 17.2 Å². The van der Waals surface area contributed by atoms with Crippen LogP contribution < -0.4 is 36.1 Å². The first-order chi connectivity index (χ1) is 35.4. The fraction of sp³-hybridized carbons (Fsp3) is 0.0526. The third-order valence-electron chi connectivity index (χ3n) is 12.7. The van der Waals surface area contributed by atoms with Crippen LogP contribution in [0.2, 0.25) is 10.0 Å². The molecule has 0 spiro atoms. The Morgan fingerprint density at radius 3 is 2.16 bits per heavy atom. The number of fused-ring (bicyclic) bond motifs is 5. The molecule has 0 unspecified atom stereocenters. The number of hydrogen-bond donors (Lipinski definition) is 6. The van der Waals surface area contributed by atoms with E-state index in [9.17, 15) is 49.2 Å². The van der Waals surface area contributed by atoms with Crippen LogP contribution in [0.1, 0.15) is 68.5 Å². The van der Waals surface area contributed by atoms with E-state index in [2.05, 4.69) is 17.2 Å². The number of amides is 2. The molecule has 2 aliphatic heterocycles. The van der Waals surface area contributed by atoms with Crippen molar-refractivity contribution in [1.82, 2.24) is 5.32 Å². The maximum absolute atomic E-state index is 14.2. The summed E-state index contributed by atoms with van der Waals surface area (Å²) >= 11 is 13.9. The highest BCUT2D eigenvalue weighted by Crippen LogP contribution is 2.45. The summed E-state index contributed by atoms with van der Waals surface area (Å²) in [5, 5.41) is 48.7. The van der Waals surface area contributed by atoms with Gasteiger partial charge in [0.05, 0.1) is 44.4 Å². The van der Waals surface area contributed by atoms with Gasteiger partial charge in [0.15, 0.2) is 5.43 Å². The van der Waals surface area contributed by atoms with E-state index in [0.29, 0.717) is 54.9 Å². The van der Waals surface area contributed by atoms with Gasteiger partial charge in [0.2, 0.25) is 0 Å². The van der Waals surface area contributed by atoms with Crippen LogP contribution >= 0.6 is 23.2 Å². The SMILES string of the molecule is C=c1ccc2c(c1)Oc1cc(N(C)C)ccc1C=2c1c(Cl)cc(C(=O)Nc2cccc3cc(C(=O)NCc4c5oc6cc(O)ccc6c(-c6ccc(C(=O)O)cc6C(=O)O)c-5ccc4=O)ccc23)c(Cl)c1C(=O)O. The van der Waals surface area contributed by atoms with Gasteiger partial charge in [0.25, 0.3) is 11.8 Å². The number of nitrogens with zero attached hydrogens (tertiary/aromatic N) is 1. The molecule has 1 aliphatic carbocycles. The molecule has 0 aromatic heterocycles. The van der Waals surface area contributed by atoms with Crippen LogP contribution in [-0.4, -0.2) is 64.2 Å². The van der Waals surface area contributed by atoms with Crippen molar-refractivity contribution in [3.63, 3.8) is 0 Å². The van der Waals surface area contributed by atoms with E-state index >= 15 is 0 Å². The average molecular weight is 1030 g/mol. The molecule has 0 saturated carbocycles. The predicted molar refractivity (Wildman–Crippen MR) is 280 cm³/mol. The Kier molecular flexibility index (Phi) is 12.1. The quantitative estimate of drug-likeness (QED) is 0.0663. The van der Waals surface area contributed by atoms with Crippen molar-refractivity contribution < 1.29 is 53.6 Å². The van der Waals surface area contributed by atoms with Crippen molar-refractivity contribution in [3.05, 3.63) is 203 Å².